The summed E-state index contributed by atoms with van der Waals surface area (Å²) < 4.78 is 3.04. The van der Waals surface area contributed by atoms with Crippen LogP contribution in [0.5, 0.6) is 0 Å². The lowest BCUT2D eigenvalue weighted by atomic mass is 10.6. The maximum atomic E-state index is 10.2. The molecule has 48 valence electrons. The Balaban J connectivity index is 2.81. The van der Waals surface area contributed by atoms with E-state index in [1.807, 2.05) is 0 Å². The number of quaternary nitrogens is 1. The molecule has 0 bridgehead atoms. The van der Waals surface area contributed by atoms with E-state index in [0.717, 1.165) is 0 Å². The topological polar surface area (TPSA) is 60.4 Å². The fourth-order valence-electron chi connectivity index (χ4n) is 0.392. The maximum absolute atomic E-state index is 10.2. The zero-order valence-electron chi connectivity index (χ0n) is 4.29. The molecular weight excluding hydrogens is 126 g/mol. The zero-order chi connectivity index (χ0) is 6.91. The lowest BCUT2D eigenvalue weighted by Gasteiger charge is -2.46. The van der Waals surface area contributed by atoms with Crippen LogP contribution in [0.25, 0.3) is 0 Å². The van der Waals surface area contributed by atoms with Crippen LogP contribution in [0.2, 0.25) is 0 Å². The molecule has 0 saturated carbocycles. The Morgan fingerprint density at radius 2 is 2.00 bits per heavy atom. The van der Waals surface area contributed by atoms with E-state index in [0.29, 0.717) is 0 Å². The van der Waals surface area contributed by atoms with Gasteiger partial charge >= 0.3 is 6.09 Å². The SMILES string of the molecule is O=[C-][N+]1([C-]=O)COC1=O. The number of cyclic esters (lactones) is 1. The van der Waals surface area contributed by atoms with Crippen molar-refractivity contribution in [1.29, 1.82) is 0 Å². The summed E-state index contributed by atoms with van der Waals surface area (Å²) >= 11 is 0. The summed E-state index contributed by atoms with van der Waals surface area (Å²) in [4.78, 5) is 29.9. The van der Waals surface area contributed by atoms with Gasteiger partial charge in [-0.1, -0.05) is 0 Å². The van der Waals surface area contributed by atoms with Crippen LogP contribution >= 0.6 is 0 Å². The first-order valence-electron chi connectivity index (χ1n) is 2.09. The van der Waals surface area contributed by atoms with Crippen molar-refractivity contribution in [2.75, 3.05) is 6.73 Å². The van der Waals surface area contributed by atoms with Gasteiger partial charge in [0.25, 0.3) is 0 Å². The van der Waals surface area contributed by atoms with E-state index in [1.54, 1.807) is 0 Å². The van der Waals surface area contributed by atoms with Gasteiger partial charge in [-0.2, -0.15) is 4.79 Å². The van der Waals surface area contributed by atoms with Crippen molar-refractivity contribution in [3.63, 3.8) is 0 Å². The molecule has 1 fully saturated rings. The van der Waals surface area contributed by atoms with Gasteiger partial charge in [-0.25, -0.2) is 0 Å². The number of hydrogen-bond acceptors (Lipinski definition) is 4. The molecule has 5 nitrogen and oxygen atoms in total. The smallest absolute Gasteiger partial charge is 0.477 e. The van der Waals surface area contributed by atoms with Gasteiger partial charge in [-0.3, -0.25) is 0 Å². The van der Waals surface area contributed by atoms with Gasteiger partial charge in [0.2, 0.25) is 6.73 Å². The Hall–Kier alpha value is -1.23. The molecular formula is C4H2NO4-. The second-order valence-corrected chi connectivity index (χ2v) is 1.53. The number of hydrogen-bond donors (Lipinski definition) is 0. The molecule has 1 aliphatic heterocycles. The van der Waals surface area contributed by atoms with Gasteiger partial charge in [0.05, 0.1) is 0 Å². The molecule has 1 saturated heterocycles. The largest absolute Gasteiger partial charge is 0.478 e. The first-order valence-corrected chi connectivity index (χ1v) is 2.09. The van der Waals surface area contributed by atoms with Gasteiger partial charge < -0.3 is 18.8 Å². The van der Waals surface area contributed by atoms with Crippen molar-refractivity contribution in [2.24, 2.45) is 0 Å². The average Bonchev–Trinajstić information content (AvgIpc) is 1.89. The summed E-state index contributed by atoms with van der Waals surface area (Å²) in [5.74, 6) is 0. The number of carbonyl (C=O) groups is 1. The lowest BCUT2D eigenvalue weighted by Crippen LogP contribution is -2.61. The Kier molecular flexibility index (Phi) is 1.07. The molecule has 1 heterocycles. The molecule has 0 aliphatic carbocycles. The van der Waals surface area contributed by atoms with Crippen molar-refractivity contribution in [2.45, 2.75) is 0 Å². The second kappa shape index (κ2) is 1.63. The van der Waals surface area contributed by atoms with Gasteiger partial charge in [-0.15, -0.1) is 0 Å². The van der Waals surface area contributed by atoms with E-state index < -0.39 is 10.6 Å². The Labute approximate surface area is 50.4 Å². The van der Waals surface area contributed by atoms with Gasteiger partial charge in [0, 0.05) is 0 Å². The third kappa shape index (κ3) is 0.548. The predicted octanol–water partition coefficient (Wildman–Crippen LogP) is -0.955. The zero-order valence-corrected chi connectivity index (χ0v) is 4.29. The minimum Gasteiger partial charge on any atom is -0.477 e. The molecule has 1 rings (SSSR count). The highest BCUT2D eigenvalue weighted by Crippen LogP contribution is 2.13. The summed E-state index contributed by atoms with van der Waals surface area (Å²) in [6, 6.07) is 0. The van der Waals surface area contributed by atoms with Crippen LogP contribution in [-0.4, -0.2) is 30.1 Å². The standard InChI is InChI=1S/C4H2NO4/c6-1-5(2-7)3-9-4(5)8/h3H2/q-1. The van der Waals surface area contributed by atoms with E-state index in [9.17, 15) is 14.4 Å². The Morgan fingerprint density at radius 3 is 2.00 bits per heavy atom. The van der Waals surface area contributed by atoms with Crippen molar-refractivity contribution in [1.82, 2.24) is 0 Å². The Morgan fingerprint density at radius 1 is 1.44 bits per heavy atom. The molecule has 0 aromatic carbocycles. The fourth-order valence-corrected chi connectivity index (χ4v) is 0.392. The summed E-state index contributed by atoms with van der Waals surface area (Å²) in [5.41, 5.74) is 0. The average molecular weight is 128 g/mol. The van der Waals surface area contributed by atoms with Crippen LogP contribution in [0, 0.1) is 0 Å². The van der Waals surface area contributed by atoms with Crippen molar-refractivity contribution in [3.8, 4) is 0 Å². The van der Waals surface area contributed by atoms with Crippen LogP contribution in [0.4, 0.5) is 4.79 Å². The first kappa shape index (κ1) is 5.90. The number of rotatable bonds is 2. The van der Waals surface area contributed by atoms with Crippen molar-refractivity contribution >= 4 is 18.9 Å². The molecule has 9 heavy (non-hydrogen) atoms. The van der Waals surface area contributed by atoms with Gasteiger partial charge in [0.1, 0.15) is 0 Å². The molecule has 0 spiro atoms. The van der Waals surface area contributed by atoms with E-state index in [2.05, 4.69) is 4.74 Å². The monoisotopic (exact) mass is 128 g/mol. The van der Waals surface area contributed by atoms with E-state index in [4.69, 9.17) is 0 Å². The van der Waals surface area contributed by atoms with Crippen molar-refractivity contribution in [3.05, 3.63) is 0 Å². The molecule has 0 aromatic rings. The van der Waals surface area contributed by atoms with Crippen LogP contribution < -0.4 is 0 Å². The number of ether oxygens (including phenoxy) is 1. The normalized spacial score (nSPS) is 21.6. The Bertz CT molecular complexity index is 167. The molecule has 0 aromatic heterocycles. The molecule has 0 unspecified atom stereocenters. The lowest BCUT2D eigenvalue weighted by molar-refractivity contribution is -0.747. The van der Waals surface area contributed by atoms with E-state index in [1.165, 1.54) is 12.8 Å². The van der Waals surface area contributed by atoms with Crippen LogP contribution in [0.1, 0.15) is 0 Å². The van der Waals surface area contributed by atoms with E-state index in [-0.39, 0.29) is 6.73 Å². The molecule has 0 radical (unpaired) electrons. The summed E-state index contributed by atoms with van der Waals surface area (Å²) in [7, 11) is 0. The third-order valence-corrected chi connectivity index (χ3v) is 1.01. The molecule has 0 N–H and O–H groups in total. The van der Waals surface area contributed by atoms with Gasteiger partial charge in [-0.05, 0) is 12.8 Å². The predicted molar refractivity (Wildman–Crippen MR) is 23.0 cm³/mol. The minimum absolute atomic E-state index is 0.272. The van der Waals surface area contributed by atoms with Crippen LogP contribution in [-0.2, 0) is 14.3 Å². The highest BCUT2D eigenvalue weighted by atomic mass is 16.6. The molecule has 1 aliphatic rings. The second-order valence-electron chi connectivity index (χ2n) is 1.53. The molecule has 0 atom stereocenters. The van der Waals surface area contributed by atoms with Crippen LogP contribution in [0.15, 0.2) is 0 Å². The first-order chi connectivity index (χ1) is 4.25. The van der Waals surface area contributed by atoms with Crippen LogP contribution in [0.3, 0.4) is 0 Å². The highest BCUT2D eigenvalue weighted by molar-refractivity contribution is 5.82. The minimum atomic E-state index is -1.10. The fraction of sp³-hybridized carbons (Fsp3) is 0.250. The molecule has 3 amide bonds. The van der Waals surface area contributed by atoms with E-state index >= 15 is 0 Å². The summed E-state index contributed by atoms with van der Waals surface area (Å²) in [6.07, 6.45) is 1.49. The summed E-state index contributed by atoms with van der Waals surface area (Å²) in [6.45, 7) is -0.272. The number of nitrogens with zero attached hydrogens (tertiary/aromatic N) is 1. The van der Waals surface area contributed by atoms with Crippen molar-refractivity contribution < 1.29 is 23.6 Å². The maximum Gasteiger partial charge on any atom is 0.478 e. The highest BCUT2D eigenvalue weighted by Gasteiger charge is 2.33. The quantitative estimate of drug-likeness (QED) is 0.355. The number of imide groups is 3. The molecule has 5 heteroatoms. The van der Waals surface area contributed by atoms with Gasteiger partial charge in [0.15, 0.2) is 0 Å². The number of amides is 3. The summed E-state index contributed by atoms with van der Waals surface area (Å²) in [5, 5.41) is 0. The number of carbonyl (C=O) groups excluding carboxylic acids is 3. The third-order valence-electron chi connectivity index (χ3n) is 1.01.